The van der Waals surface area contributed by atoms with Gasteiger partial charge >= 0.3 is 0 Å². The number of aromatic nitrogens is 4. The standard InChI is InChI=1S/C19H13ClN4O2/c20-16-6-3-14(4-7-16)18-22-19(26-23-18)15-5-8-17(25)24(12-15)11-13-2-1-9-21-10-13/h1-10,12H,11H2. The highest BCUT2D eigenvalue weighted by Crippen LogP contribution is 2.22. The Morgan fingerprint density at radius 2 is 1.85 bits per heavy atom. The fraction of sp³-hybridized carbons (Fsp3) is 0.0526. The minimum Gasteiger partial charge on any atom is -0.334 e. The lowest BCUT2D eigenvalue weighted by Crippen LogP contribution is -2.19. The molecule has 4 rings (SSSR count). The summed E-state index contributed by atoms with van der Waals surface area (Å²) >= 11 is 5.90. The molecule has 0 unspecified atom stereocenters. The van der Waals surface area contributed by atoms with Gasteiger partial charge in [-0.3, -0.25) is 9.78 Å². The van der Waals surface area contributed by atoms with Crippen LogP contribution in [0, 0.1) is 0 Å². The SMILES string of the molecule is O=c1ccc(-c2nc(-c3ccc(Cl)cc3)no2)cn1Cc1cccnc1. The first-order valence-electron chi connectivity index (χ1n) is 7.88. The maximum Gasteiger partial charge on any atom is 0.259 e. The van der Waals surface area contributed by atoms with E-state index in [4.69, 9.17) is 16.1 Å². The third-order valence-electron chi connectivity index (χ3n) is 3.83. The zero-order chi connectivity index (χ0) is 17.9. The molecule has 0 amide bonds. The molecule has 0 radical (unpaired) electrons. The van der Waals surface area contributed by atoms with Crippen molar-refractivity contribution in [2.24, 2.45) is 0 Å². The number of rotatable bonds is 4. The van der Waals surface area contributed by atoms with Gasteiger partial charge in [-0.1, -0.05) is 22.8 Å². The summed E-state index contributed by atoms with van der Waals surface area (Å²) < 4.78 is 6.94. The molecular formula is C19H13ClN4O2. The highest BCUT2D eigenvalue weighted by atomic mass is 35.5. The van der Waals surface area contributed by atoms with E-state index in [2.05, 4.69) is 15.1 Å². The van der Waals surface area contributed by atoms with Crippen molar-refractivity contribution in [3.05, 3.63) is 88.1 Å². The van der Waals surface area contributed by atoms with Gasteiger partial charge in [-0.2, -0.15) is 4.98 Å². The minimum atomic E-state index is -0.116. The van der Waals surface area contributed by atoms with E-state index in [0.717, 1.165) is 11.1 Å². The first-order valence-corrected chi connectivity index (χ1v) is 8.26. The molecule has 0 aliphatic carbocycles. The van der Waals surface area contributed by atoms with Crippen molar-refractivity contribution in [1.82, 2.24) is 19.7 Å². The Morgan fingerprint density at radius 1 is 1.04 bits per heavy atom. The quantitative estimate of drug-likeness (QED) is 0.552. The van der Waals surface area contributed by atoms with Crippen LogP contribution < -0.4 is 5.56 Å². The molecule has 4 aromatic rings. The van der Waals surface area contributed by atoms with Gasteiger partial charge in [0, 0.05) is 35.2 Å². The Kier molecular flexibility index (Phi) is 4.33. The molecule has 0 spiro atoms. The van der Waals surface area contributed by atoms with Gasteiger partial charge in [-0.25, -0.2) is 0 Å². The van der Waals surface area contributed by atoms with Crippen LogP contribution in [0.4, 0.5) is 0 Å². The van der Waals surface area contributed by atoms with Gasteiger partial charge in [0.1, 0.15) is 0 Å². The zero-order valence-electron chi connectivity index (χ0n) is 13.5. The summed E-state index contributed by atoms with van der Waals surface area (Å²) in [7, 11) is 0. The van der Waals surface area contributed by atoms with Crippen LogP contribution in [0.3, 0.4) is 0 Å². The zero-order valence-corrected chi connectivity index (χ0v) is 14.3. The van der Waals surface area contributed by atoms with Crippen molar-refractivity contribution in [3.8, 4) is 22.8 Å². The van der Waals surface area contributed by atoms with Crippen LogP contribution in [0.1, 0.15) is 5.56 Å². The number of hydrogen-bond donors (Lipinski definition) is 0. The van der Waals surface area contributed by atoms with Crippen LogP contribution in [0.25, 0.3) is 22.8 Å². The Hall–Kier alpha value is -3.25. The van der Waals surface area contributed by atoms with Gasteiger partial charge in [0.2, 0.25) is 5.82 Å². The summed E-state index contributed by atoms with van der Waals surface area (Å²) in [5, 5.41) is 4.64. The molecule has 0 fully saturated rings. The average molecular weight is 365 g/mol. The second kappa shape index (κ2) is 6.93. The summed E-state index contributed by atoms with van der Waals surface area (Å²) in [6.07, 6.45) is 5.12. The van der Waals surface area contributed by atoms with Crippen molar-refractivity contribution in [3.63, 3.8) is 0 Å². The molecule has 0 atom stereocenters. The third kappa shape index (κ3) is 3.41. The van der Waals surface area contributed by atoms with E-state index in [-0.39, 0.29) is 5.56 Å². The number of hydrogen-bond acceptors (Lipinski definition) is 5. The topological polar surface area (TPSA) is 73.8 Å². The molecule has 0 saturated heterocycles. The van der Waals surface area contributed by atoms with E-state index in [9.17, 15) is 4.79 Å². The molecule has 0 aliphatic rings. The van der Waals surface area contributed by atoms with Crippen LogP contribution in [-0.4, -0.2) is 19.7 Å². The van der Waals surface area contributed by atoms with Crippen LogP contribution in [-0.2, 0) is 6.54 Å². The second-order valence-electron chi connectivity index (χ2n) is 5.68. The van der Waals surface area contributed by atoms with Crippen molar-refractivity contribution >= 4 is 11.6 Å². The summed E-state index contributed by atoms with van der Waals surface area (Å²) in [5.74, 6) is 0.802. The van der Waals surface area contributed by atoms with E-state index >= 15 is 0 Å². The fourth-order valence-electron chi connectivity index (χ4n) is 2.53. The van der Waals surface area contributed by atoms with E-state index < -0.39 is 0 Å². The van der Waals surface area contributed by atoms with Gasteiger partial charge in [0.25, 0.3) is 11.4 Å². The molecule has 3 aromatic heterocycles. The second-order valence-corrected chi connectivity index (χ2v) is 6.11. The van der Waals surface area contributed by atoms with Crippen molar-refractivity contribution in [1.29, 1.82) is 0 Å². The molecule has 3 heterocycles. The van der Waals surface area contributed by atoms with E-state index in [1.54, 1.807) is 41.4 Å². The van der Waals surface area contributed by atoms with Gasteiger partial charge in [-0.05, 0) is 42.0 Å². The molecule has 0 N–H and O–H groups in total. The molecule has 26 heavy (non-hydrogen) atoms. The lowest BCUT2D eigenvalue weighted by atomic mass is 10.2. The summed E-state index contributed by atoms with van der Waals surface area (Å²) in [6.45, 7) is 0.415. The number of halogens is 1. The Balaban J connectivity index is 1.65. The lowest BCUT2D eigenvalue weighted by molar-refractivity contribution is 0.432. The third-order valence-corrected chi connectivity index (χ3v) is 4.09. The molecule has 7 heteroatoms. The Morgan fingerprint density at radius 3 is 2.62 bits per heavy atom. The maximum atomic E-state index is 12.1. The highest BCUT2D eigenvalue weighted by molar-refractivity contribution is 6.30. The summed E-state index contributed by atoms with van der Waals surface area (Å²) in [6, 6.07) is 14.1. The van der Waals surface area contributed by atoms with Gasteiger partial charge in [0.05, 0.1) is 12.1 Å². The van der Waals surface area contributed by atoms with Crippen molar-refractivity contribution in [2.75, 3.05) is 0 Å². The highest BCUT2D eigenvalue weighted by Gasteiger charge is 2.12. The largest absolute Gasteiger partial charge is 0.334 e. The van der Waals surface area contributed by atoms with Crippen LogP contribution in [0.5, 0.6) is 0 Å². The molecule has 0 bridgehead atoms. The fourth-order valence-corrected chi connectivity index (χ4v) is 2.65. The molecule has 1 aromatic carbocycles. The Labute approximate surface area is 153 Å². The van der Waals surface area contributed by atoms with Crippen LogP contribution >= 0.6 is 11.6 Å². The molecular weight excluding hydrogens is 352 g/mol. The monoisotopic (exact) mass is 364 g/mol. The van der Waals surface area contributed by atoms with Crippen LogP contribution in [0.2, 0.25) is 5.02 Å². The van der Waals surface area contributed by atoms with Crippen molar-refractivity contribution < 1.29 is 4.52 Å². The predicted octanol–water partition coefficient (Wildman–Crippen LogP) is 3.66. The lowest BCUT2D eigenvalue weighted by Gasteiger charge is -2.06. The Bertz CT molecular complexity index is 1090. The number of benzene rings is 1. The first-order chi connectivity index (χ1) is 12.7. The van der Waals surface area contributed by atoms with Gasteiger partial charge in [-0.15, -0.1) is 0 Å². The molecule has 6 nitrogen and oxygen atoms in total. The number of pyridine rings is 2. The first kappa shape index (κ1) is 16.2. The normalized spacial score (nSPS) is 10.8. The molecule has 0 saturated carbocycles. The summed E-state index contributed by atoms with van der Waals surface area (Å²) in [4.78, 5) is 20.6. The molecule has 0 aliphatic heterocycles. The van der Waals surface area contributed by atoms with E-state index in [1.165, 1.54) is 6.07 Å². The van der Waals surface area contributed by atoms with Gasteiger partial charge < -0.3 is 9.09 Å². The predicted molar refractivity (Wildman–Crippen MR) is 97.8 cm³/mol. The summed E-state index contributed by atoms with van der Waals surface area (Å²) in [5.41, 5.74) is 2.28. The van der Waals surface area contributed by atoms with E-state index in [0.29, 0.717) is 28.8 Å². The maximum absolute atomic E-state index is 12.1. The minimum absolute atomic E-state index is 0.116. The van der Waals surface area contributed by atoms with E-state index in [1.807, 2.05) is 24.3 Å². The average Bonchev–Trinajstić information content (AvgIpc) is 3.15. The number of nitrogens with zero attached hydrogens (tertiary/aromatic N) is 4. The van der Waals surface area contributed by atoms with Crippen LogP contribution in [0.15, 0.2) is 76.4 Å². The smallest absolute Gasteiger partial charge is 0.259 e. The molecule has 128 valence electrons. The van der Waals surface area contributed by atoms with Gasteiger partial charge in [0.15, 0.2) is 0 Å². The van der Waals surface area contributed by atoms with Crippen molar-refractivity contribution in [2.45, 2.75) is 6.54 Å².